The van der Waals surface area contributed by atoms with E-state index in [-0.39, 0.29) is 17.4 Å². The second-order valence-electron chi connectivity index (χ2n) is 7.56. The van der Waals surface area contributed by atoms with Crippen molar-refractivity contribution in [3.63, 3.8) is 0 Å². The molecule has 1 saturated heterocycles. The Morgan fingerprint density at radius 3 is 2.68 bits per heavy atom. The van der Waals surface area contributed by atoms with Crippen LogP contribution < -0.4 is 5.73 Å². The Bertz CT molecular complexity index is 485. The summed E-state index contributed by atoms with van der Waals surface area (Å²) in [6.45, 7) is 10.1. The van der Waals surface area contributed by atoms with Crippen molar-refractivity contribution >= 4 is 7.12 Å². The lowest BCUT2D eigenvalue weighted by Crippen LogP contribution is -2.65. The van der Waals surface area contributed by atoms with Crippen LogP contribution in [0, 0.1) is 23.2 Å². The third kappa shape index (κ3) is 1.90. The van der Waals surface area contributed by atoms with Crippen molar-refractivity contribution in [3.05, 3.63) is 0 Å². The van der Waals surface area contributed by atoms with Gasteiger partial charge >= 0.3 is 7.12 Å². The van der Waals surface area contributed by atoms with Gasteiger partial charge in [0.1, 0.15) is 0 Å². The minimum atomic E-state index is -1.92. The molecular weight excluding hydrogens is 237 g/mol. The molecule has 4 heteroatoms. The topological polar surface area (TPSA) is 44.5 Å². The lowest BCUT2D eigenvalue weighted by Gasteiger charge is -2.64. The Morgan fingerprint density at radius 2 is 2.11 bits per heavy atom. The van der Waals surface area contributed by atoms with Crippen molar-refractivity contribution in [2.75, 3.05) is 0 Å². The molecule has 4 rings (SSSR count). The first-order chi connectivity index (χ1) is 9.85. The van der Waals surface area contributed by atoms with Crippen LogP contribution in [-0.4, -0.2) is 24.7 Å². The normalized spacial score (nSPS) is 49.7. The molecule has 4 fully saturated rings. The summed E-state index contributed by atoms with van der Waals surface area (Å²) in [5.41, 5.74) is 5.85. The van der Waals surface area contributed by atoms with Crippen molar-refractivity contribution in [2.24, 2.45) is 28.9 Å². The predicted molar refractivity (Wildman–Crippen MR) is 77.5 cm³/mol. The molecule has 2 N–H and O–H groups in total. The molecule has 3 aliphatic carbocycles. The van der Waals surface area contributed by atoms with Gasteiger partial charge in [0.05, 0.1) is 11.7 Å². The van der Waals surface area contributed by atoms with Gasteiger partial charge in [0.15, 0.2) is 0 Å². The highest BCUT2D eigenvalue weighted by Crippen LogP contribution is 2.65. The van der Waals surface area contributed by atoms with Crippen LogP contribution in [0.15, 0.2) is 0 Å². The van der Waals surface area contributed by atoms with Gasteiger partial charge in [0.25, 0.3) is 0 Å². The van der Waals surface area contributed by atoms with Gasteiger partial charge in [0, 0.05) is 10.0 Å². The summed E-state index contributed by atoms with van der Waals surface area (Å²) in [6.07, 6.45) is 0.0745. The van der Waals surface area contributed by atoms with Gasteiger partial charge in [-0.1, -0.05) is 27.7 Å². The van der Waals surface area contributed by atoms with E-state index in [1.807, 2.05) is 0 Å². The lowest BCUT2D eigenvalue weighted by molar-refractivity contribution is -0.199. The van der Waals surface area contributed by atoms with Crippen LogP contribution in [0.2, 0.25) is 0 Å². The van der Waals surface area contributed by atoms with Gasteiger partial charge in [-0.2, -0.15) is 0 Å². The zero-order valence-electron chi connectivity index (χ0n) is 15.7. The summed E-state index contributed by atoms with van der Waals surface area (Å²) < 4.78 is 37.0. The Balaban J connectivity index is 1.86. The van der Waals surface area contributed by atoms with Crippen LogP contribution in [0.3, 0.4) is 0 Å². The third-order valence-corrected chi connectivity index (χ3v) is 5.66. The molecule has 108 valence electrons. The molecule has 0 aromatic rings. The van der Waals surface area contributed by atoms with E-state index in [9.17, 15) is 0 Å². The third-order valence-electron chi connectivity index (χ3n) is 5.66. The van der Waals surface area contributed by atoms with Crippen molar-refractivity contribution in [1.29, 1.82) is 0 Å². The van der Waals surface area contributed by atoms with Crippen LogP contribution in [0.25, 0.3) is 0 Å². The van der Waals surface area contributed by atoms with Gasteiger partial charge < -0.3 is 15.0 Å². The zero-order valence-corrected chi connectivity index (χ0v) is 12.7. The molecule has 3 nitrogen and oxygen atoms in total. The summed E-state index contributed by atoms with van der Waals surface area (Å²) in [5.74, 6) is -1.30. The van der Waals surface area contributed by atoms with E-state index in [1.165, 1.54) is 0 Å². The van der Waals surface area contributed by atoms with E-state index in [2.05, 4.69) is 20.8 Å². The second kappa shape index (κ2) is 4.22. The lowest BCUT2D eigenvalue weighted by atomic mass is 9.43. The average Bonchev–Trinajstić information content (AvgIpc) is 2.75. The SMILES string of the molecule is [2H]C(N)(B1O[C@@H]2C[C@@H]3C[C@@H](C3(C)C)[C@]2(C)O1)C([2H])([2H])C(C)C. The molecule has 3 saturated carbocycles. The number of rotatable bonds is 3. The Kier molecular flexibility index (Phi) is 2.36. The second-order valence-corrected chi connectivity index (χ2v) is 7.56. The molecule has 1 heterocycles. The van der Waals surface area contributed by atoms with E-state index in [4.69, 9.17) is 19.2 Å². The summed E-state index contributed by atoms with van der Waals surface area (Å²) in [5, 5.41) is 0. The van der Waals surface area contributed by atoms with Crippen LogP contribution in [-0.2, 0) is 9.31 Å². The number of nitrogens with two attached hydrogens (primary N) is 1. The van der Waals surface area contributed by atoms with Gasteiger partial charge in [-0.25, -0.2) is 0 Å². The van der Waals surface area contributed by atoms with Crippen LogP contribution >= 0.6 is 0 Å². The first-order valence-corrected chi connectivity index (χ1v) is 7.47. The maximum absolute atomic E-state index is 8.42. The Morgan fingerprint density at radius 1 is 1.42 bits per heavy atom. The van der Waals surface area contributed by atoms with Crippen LogP contribution in [0.1, 0.15) is 57.9 Å². The minimum Gasteiger partial charge on any atom is -0.404 e. The maximum atomic E-state index is 8.42. The molecule has 1 unspecified atom stereocenters. The van der Waals surface area contributed by atoms with Crippen LogP contribution in [0.5, 0.6) is 0 Å². The van der Waals surface area contributed by atoms with Crippen molar-refractivity contribution in [3.8, 4) is 0 Å². The first-order valence-electron chi connectivity index (χ1n) is 8.97. The highest BCUT2D eigenvalue weighted by atomic mass is 16.7. The molecule has 0 radical (unpaired) electrons. The Hall–Kier alpha value is -0.0551. The molecular formula is C15H28BNO2. The molecule has 0 aromatic heterocycles. The van der Waals surface area contributed by atoms with Crippen molar-refractivity contribution in [1.82, 2.24) is 0 Å². The Labute approximate surface area is 122 Å². The predicted octanol–water partition coefficient (Wildman–Crippen LogP) is 2.63. The van der Waals surface area contributed by atoms with E-state index in [0.717, 1.165) is 12.8 Å². The number of hydrogen-bond acceptors (Lipinski definition) is 3. The van der Waals surface area contributed by atoms with Crippen LogP contribution in [0.4, 0.5) is 0 Å². The monoisotopic (exact) mass is 268 g/mol. The van der Waals surface area contributed by atoms with E-state index >= 15 is 0 Å². The fourth-order valence-electron chi connectivity index (χ4n) is 4.40. The number of hydrogen-bond donors (Lipinski definition) is 1. The van der Waals surface area contributed by atoms with Crippen molar-refractivity contribution in [2.45, 2.75) is 71.5 Å². The fourth-order valence-corrected chi connectivity index (χ4v) is 4.40. The van der Waals surface area contributed by atoms with Gasteiger partial charge in [-0.15, -0.1) is 0 Å². The molecule has 2 bridgehead atoms. The summed E-state index contributed by atoms with van der Waals surface area (Å²) in [4.78, 5) is 0. The van der Waals surface area contributed by atoms with Gasteiger partial charge in [-0.05, 0) is 49.3 Å². The molecule has 4 aliphatic rings. The smallest absolute Gasteiger partial charge is 0.404 e. The molecule has 1 aliphatic heterocycles. The van der Waals surface area contributed by atoms with E-state index < -0.39 is 25.0 Å². The van der Waals surface area contributed by atoms with E-state index in [1.54, 1.807) is 13.8 Å². The fraction of sp³-hybridized carbons (Fsp3) is 1.00. The summed E-state index contributed by atoms with van der Waals surface area (Å²) in [7, 11) is -1.02. The molecule has 19 heavy (non-hydrogen) atoms. The van der Waals surface area contributed by atoms with Crippen molar-refractivity contribution < 1.29 is 13.4 Å². The molecule has 5 atom stereocenters. The average molecular weight is 268 g/mol. The van der Waals surface area contributed by atoms with E-state index in [0.29, 0.717) is 11.8 Å². The zero-order chi connectivity index (χ0) is 16.7. The largest absolute Gasteiger partial charge is 0.475 e. The minimum absolute atomic E-state index is 0.0782. The standard InChI is InChI=1S/C15H28BNO2/c1-9(2)6-13(17)16-18-12-8-10-7-11(14(10,3)4)15(12,5)19-16/h9-13H,6-8,17H2,1-5H3/t10-,11-,12+,13?,15-/m0/s1/i6D2,13D. The maximum Gasteiger partial charge on any atom is 0.475 e. The first kappa shape index (κ1) is 10.6. The highest BCUT2D eigenvalue weighted by Gasteiger charge is 2.68. The van der Waals surface area contributed by atoms with Gasteiger partial charge in [0.2, 0.25) is 0 Å². The highest BCUT2D eigenvalue weighted by molar-refractivity contribution is 6.47. The molecule has 0 spiro atoms. The van der Waals surface area contributed by atoms with Gasteiger partial charge in [-0.3, -0.25) is 0 Å². The molecule has 0 amide bonds. The molecule has 0 aromatic carbocycles. The summed E-state index contributed by atoms with van der Waals surface area (Å²) >= 11 is 0. The summed E-state index contributed by atoms with van der Waals surface area (Å²) in [6, 6.07) is 0. The quantitative estimate of drug-likeness (QED) is 0.800.